The summed E-state index contributed by atoms with van der Waals surface area (Å²) in [4.78, 5) is 27.1. The summed E-state index contributed by atoms with van der Waals surface area (Å²) in [7, 11) is 1.71. The fourth-order valence-electron chi connectivity index (χ4n) is 2.68. The Balaban J connectivity index is 2.01. The minimum atomic E-state index is -1.18. The van der Waals surface area contributed by atoms with Crippen molar-refractivity contribution in [2.24, 2.45) is 5.41 Å². The number of anilines is 1. The van der Waals surface area contributed by atoms with Gasteiger partial charge in [0.25, 0.3) is 0 Å². The number of nitrogens with zero attached hydrogens (tertiary/aromatic N) is 1. The summed E-state index contributed by atoms with van der Waals surface area (Å²) in [5, 5.41) is 2.82. The minimum Gasteiger partial charge on any atom is -0.491 e. The topological polar surface area (TPSA) is 58.6 Å². The van der Waals surface area contributed by atoms with E-state index in [0.717, 1.165) is 11.3 Å². The highest BCUT2D eigenvalue weighted by molar-refractivity contribution is 6.09. The fraction of sp³-hybridized carbons (Fsp3) is 0.364. The van der Waals surface area contributed by atoms with E-state index in [2.05, 4.69) is 5.32 Å². The second-order valence-corrected chi connectivity index (χ2v) is 7.42. The SMILES string of the molecule is CC(C)Oc1ccc(NC(=O)C(C)(C)C(=O)N(C)Cc2ccccc2)cc1. The zero-order chi connectivity index (χ0) is 20.0. The predicted molar refractivity (Wildman–Crippen MR) is 108 cm³/mol. The number of rotatable bonds is 7. The molecule has 27 heavy (non-hydrogen) atoms. The number of hydrogen-bond acceptors (Lipinski definition) is 3. The summed E-state index contributed by atoms with van der Waals surface area (Å²) in [6, 6.07) is 16.8. The number of hydrogen-bond donors (Lipinski definition) is 1. The maximum atomic E-state index is 12.8. The molecule has 0 saturated heterocycles. The highest BCUT2D eigenvalue weighted by Crippen LogP contribution is 2.24. The van der Waals surface area contributed by atoms with Crippen molar-refractivity contribution in [3.8, 4) is 5.75 Å². The second-order valence-electron chi connectivity index (χ2n) is 7.42. The molecule has 2 aromatic carbocycles. The van der Waals surface area contributed by atoms with Crippen LogP contribution in [0.25, 0.3) is 0 Å². The zero-order valence-corrected chi connectivity index (χ0v) is 16.7. The monoisotopic (exact) mass is 368 g/mol. The van der Waals surface area contributed by atoms with Crippen molar-refractivity contribution in [3.63, 3.8) is 0 Å². The molecule has 0 spiro atoms. The van der Waals surface area contributed by atoms with Crippen LogP contribution in [-0.4, -0.2) is 29.9 Å². The van der Waals surface area contributed by atoms with Crippen LogP contribution in [0.15, 0.2) is 54.6 Å². The summed E-state index contributed by atoms with van der Waals surface area (Å²) in [6.45, 7) is 7.65. The lowest BCUT2D eigenvalue weighted by Crippen LogP contribution is -2.45. The molecule has 0 aromatic heterocycles. The molecule has 5 heteroatoms. The first kappa shape index (κ1) is 20.5. The lowest BCUT2D eigenvalue weighted by molar-refractivity contribution is -0.145. The standard InChI is InChI=1S/C22H28N2O3/c1-16(2)27-19-13-11-18(12-14-19)23-20(25)22(3,4)21(26)24(5)15-17-9-7-6-8-10-17/h6-14,16H,15H2,1-5H3,(H,23,25). The third kappa shape index (κ3) is 5.58. The first-order chi connectivity index (χ1) is 12.7. The lowest BCUT2D eigenvalue weighted by Gasteiger charge is -2.28. The molecule has 0 aliphatic rings. The van der Waals surface area contributed by atoms with Crippen LogP contribution in [0.5, 0.6) is 5.75 Å². The fourth-order valence-corrected chi connectivity index (χ4v) is 2.68. The highest BCUT2D eigenvalue weighted by atomic mass is 16.5. The Labute approximate surface area is 161 Å². The van der Waals surface area contributed by atoms with Crippen LogP contribution in [0.3, 0.4) is 0 Å². The van der Waals surface area contributed by atoms with Crippen LogP contribution in [0.2, 0.25) is 0 Å². The molecular formula is C22H28N2O3. The number of benzene rings is 2. The first-order valence-electron chi connectivity index (χ1n) is 9.08. The molecule has 1 N–H and O–H groups in total. The van der Waals surface area contributed by atoms with Gasteiger partial charge in [0, 0.05) is 19.3 Å². The maximum absolute atomic E-state index is 12.8. The average molecular weight is 368 g/mol. The third-order valence-corrected chi connectivity index (χ3v) is 4.20. The van der Waals surface area contributed by atoms with E-state index >= 15 is 0 Å². The van der Waals surface area contributed by atoms with Crippen molar-refractivity contribution in [2.45, 2.75) is 40.3 Å². The van der Waals surface area contributed by atoms with Gasteiger partial charge in [-0.2, -0.15) is 0 Å². The lowest BCUT2D eigenvalue weighted by atomic mass is 9.90. The first-order valence-corrected chi connectivity index (χ1v) is 9.08. The quantitative estimate of drug-likeness (QED) is 0.749. The Hall–Kier alpha value is -2.82. The average Bonchev–Trinajstić information content (AvgIpc) is 2.63. The van der Waals surface area contributed by atoms with Crippen LogP contribution in [0.1, 0.15) is 33.3 Å². The van der Waals surface area contributed by atoms with Gasteiger partial charge in [-0.15, -0.1) is 0 Å². The Bertz CT molecular complexity index is 768. The van der Waals surface area contributed by atoms with Gasteiger partial charge in [0.15, 0.2) is 0 Å². The molecule has 5 nitrogen and oxygen atoms in total. The van der Waals surface area contributed by atoms with E-state index in [0.29, 0.717) is 12.2 Å². The number of amides is 2. The Kier molecular flexibility index (Phi) is 6.61. The van der Waals surface area contributed by atoms with Gasteiger partial charge in [-0.25, -0.2) is 0 Å². The van der Waals surface area contributed by atoms with Crippen molar-refractivity contribution in [3.05, 3.63) is 60.2 Å². The van der Waals surface area contributed by atoms with E-state index in [1.165, 1.54) is 0 Å². The molecule has 0 fully saturated rings. The number of ether oxygens (including phenoxy) is 1. The Morgan fingerprint density at radius 1 is 1.04 bits per heavy atom. The van der Waals surface area contributed by atoms with Gasteiger partial charge in [0.2, 0.25) is 11.8 Å². The van der Waals surface area contributed by atoms with Gasteiger partial charge < -0.3 is 15.0 Å². The van der Waals surface area contributed by atoms with E-state index in [4.69, 9.17) is 4.74 Å². The molecule has 0 bridgehead atoms. The van der Waals surface area contributed by atoms with Crippen LogP contribution in [0.4, 0.5) is 5.69 Å². The molecular weight excluding hydrogens is 340 g/mol. The molecule has 0 unspecified atom stereocenters. The van der Waals surface area contributed by atoms with E-state index in [1.54, 1.807) is 50.1 Å². The summed E-state index contributed by atoms with van der Waals surface area (Å²) < 4.78 is 5.59. The van der Waals surface area contributed by atoms with Crippen LogP contribution in [0, 0.1) is 5.41 Å². The molecule has 0 heterocycles. The smallest absolute Gasteiger partial charge is 0.239 e. The molecule has 2 amide bonds. The number of carbonyl (C=O) groups is 2. The van der Waals surface area contributed by atoms with Crippen molar-refractivity contribution in [1.82, 2.24) is 4.90 Å². The van der Waals surface area contributed by atoms with E-state index in [9.17, 15) is 9.59 Å². The maximum Gasteiger partial charge on any atom is 0.239 e. The van der Waals surface area contributed by atoms with Crippen LogP contribution < -0.4 is 10.1 Å². The van der Waals surface area contributed by atoms with Gasteiger partial charge in [-0.3, -0.25) is 9.59 Å². The van der Waals surface area contributed by atoms with Crippen molar-refractivity contribution < 1.29 is 14.3 Å². The molecule has 2 aromatic rings. The molecule has 2 rings (SSSR count). The zero-order valence-electron chi connectivity index (χ0n) is 16.7. The number of carbonyl (C=O) groups excluding carboxylic acids is 2. The van der Waals surface area contributed by atoms with Crippen molar-refractivity contribution in [2.75, 3.05) is 12.4 Å². The molecule has 0 atom stereocenters. The molecule has 0 radical (unpaired) electrons. The van der Waals surface area contributed by atoms with Gasteiger partial charge in [-0.05, 0) is 57.5 Å². The van der Waals surface area contributed by atoms with Crippen molar-refractivity contribution in [1.29, 1.82) is 0 Å². The predicted octanol–water partition coefficient (Wildman–Crippen LogP) is 4.10. The minimum absolute atomic E-state index is 0.0853. The number of nitrogens with one attached hydrogen (secondary N) is 1. The van der Waals surface area contributed by atoms with Gasteiger partial charge in [0.1, 0.15) is 11.2 Å². The largest absolute Gasteiger partial charge is 0.491 e. The Morgan fingerprint density at radius 3 is 2.19 bits per heavy atom. The molecule has 144 valence electrons. The van der Waals surface area contributed by atoms with E-state index < -0.39 is 5.41 Å². The Morgan fingerprint density at radius 2 is 1.63 bits per heavy atom. The van der Waals surface area contributed by atoms with Crippen molar-refractivity contribution >= 4 is 17.5 Å². The van der Waals surface area contributed by atoms with E-state index in [-0.39, 0.29) is 17.9 Å². The highest BCUT2D eigenvalue weighted by Gasteiger charge is 2.38. The van der Waals surface area contributed by atoms with Crippen LogP contribution in [-0.2, 0) is 16.1 Å². The van der Waals surface area contributed by atoms with Crippen LogP contribution >= 0.6 is 0 Å². The second kappa shape index (κ2) is 8.71. The van der Waals surface area contributed by atoms with Gasteiger partial charge in [-0.1, -0.05) is 30.3 Å². The summed E-state index contributed by atoms with van der Waals surface area (Å²) in [6.07, 6.45) is 0.0853. The summed E-state index contributed by atoms with van der Waals surface area (Å²) in [5.41, 5.74) is 0.462. The molecule has 0 aliphatic carbocycles. The summed E-state index contributed by atoms with van der Waals surface area (Å²) in [5.74, 6) is 0.162. The summed E-state index contributed by atoms with van der Waals surface area (Å²) >= 11 is 0. The molecule has 0 aliphatic heterocycles. The van der Waals surface area contributed by atoms with Gasteiger partial charge in [0.05, 0.1) is 6.10 Å². The third-order valence-electron chi connectivity index (χ3n) is 4.20. The van der Waals surface area contributed by atoms with E-state index in [1.807, 2.05) is 44.2 Å². The van der Waals surface area contributed by atoms with Gasteiger partial charge >= 0.3 is 0 Å². The molecule has 0 saturated carbocycles. The normalized spacial score (nSPS) is 11.2.